The molecule has 0 amide bonds. The zero-order valence-corrected chi connectivity index (χ0v) is 11.4. The molecule has 0 spiro atoms. The van der Waals surface area contributed by atoms with E-state index in [9.17, 15) is 5.26 Å². The molecule has 98 valence electrons. The van der Waals surface area contributed by atoms with Crippen LogP contribution in [0.2, 0.25) is 0 Å². The molecule has 0 atom stereocenters. The van der Waals surface area contributed by atoms with Crippen molar-refractivity contribution in [2.45, 2.75) is 64.8 Å². The van der Waals surface area contributed by atoms with Gasteiger partial charge in [0.25, 0.3) is 0 Å². The van der Waals surface area contributed by atoms with Gasteiger partial charge in [0.2, 0.25) is 0 Å². The number of hydrogen-bond donors (Lipinski definition) is 0. The second-order valence-corrected chi connectivity index (χ2v) is 5.54. The molecule has 1 aliphatic rings. The van der Waals surface area contributed by atoms with E-state index < -0.39 is 0 Å². The number of nitriles is 1. The van der Waals surface area contributed by atoms with Crippen molar-refractivity contribution in [3.63, 3.8) is 0 Å². The normalized spacial score (nSPS) is 19.8. The molecule has 1 heterocycles. The van der Waals surface area contributed by atoms with Crippen LogP contribution >= 0.6 is 0 Å². The van der Waals surface area contributed by atoms with Gasteiger partial charge < -0.3 is 0 Å². The SMILES string of the molecule is CCn1cc(CC2(C#N)CCCCCCC2)cn1. The van der Waals surface area contributed by atoms with Gasteiger partial charge in [0.05, 0.1) is 17.7 Å². The number of aryl methyl sites for hydroxylation is 1. The Morgan fingerprint density at radius 1 is 1.28 bits per heavy atom. The van der Waals surface area contributed by atoms with Gasteiger partial charge in [0, 0.05) is 12.7 Å². The Bertz CT molecular complexity index is 406. The lowest BCUT2D eigenvalue weighted by Crippen LogP contribution is -2.23. The van der Waals surface area contributed by atoms with Crippen molar-refractivity contribution in [3.8, 4) is 6.07 Å². The Labute approximate surface area is 110 Å². The molecule has 0 saturated heterocycles. The molecule has 0 unspecified atom stereocenters. The van der Waals surface area contributed by atoms with E-state index in [1.807, 2.05) is 10.9 Å². The molecule has 3 heteroatoms. The van der Waals surface area contributed by atoms with Crippen molar-refractivity contribution in [1.29, 1.82) is 5.26 Å². The van der Waals surface area contributed by atoms with Gasteiger partial charge in [-0.2, -0.15) is 10.4 Å². The largest absolute Gasteiger partial charge is 0.273 e. The highest BCUT2D eigenvalue weighted by molar-refractivity contribution is 5.13. The fourth-order valence-corrected chi connectivity index (χ4v) is 2.97. The maximum atomic E-state index is 9.61. The molecule has 1 fully saturated rings. The number of rotatable bonds is 3. The first-order valence-electron chi connectivity index (χ1n) is 7.20. The molecule has 0 radical (unpaired) electrons. The van der Waals surface area contributed by atoms with Gasteiger partial charge in [-0.3, -0.25) is 4.68 Å². The predicted molar refractivity (Wildman–Crippen MR) is 72.0 cm³/mol. The second-order valence-electron chi connectivity index (χ2n) is 5.54. The van der Waals surface area contributed by atoms with E-state index >= 15 is 0 Å². The van der Waals surface area contributed by atoms with Crippen LogP contribution in [0.15, 0.2) is 12.4 Å². The minimum Gasteiger partial charge on any atom is -0.273 e. The molecule has 1 aromatic heterocycles. The van der Waals surface area contributed by atoms with Crippen molar-refractivity contribution in [1.82, 2.24) is 9.78 Å². The molecule has 1 aromatic rings. The predicted octanol–water partition coefficient (Wildman–Crippen LogP) is 3.70. The second kappa shape index (κ2) is 6.04. The number of aromatic nitrogens is 2. The minimum atomic E-state index is -0.137. The van der Waals surface area contributed by atoms with Crippen LogP contribution in [0.4, 0.5) is 0 Å². The third-order valence-corrected chi connectivity index (χ3v) is 4.10. The zero-order valence-electron chi connectivity index (χ0n) is 11.4. The summed E-state index contributed by atoms with van der Waals surface area (Å²) in [6, 6.07) is 2.62. The van der Waals surface area contributed by atoms with Crippen molar-refractivity contribution in [2.24, 2.45) is 5.41 Å². The molecular weight excluding hydrogens is 222 g/mol. The van der Waals surface area contributed by atoms with Crippen LogP contribution in [0.3, 0.4) is 0 Å². The molecule has 0 bridgehead atoms. The van der Waals surface area contributed by atoms with Gasteiger partial charge in [0.15, 0.2) is 0 Å². The fourth-order valence-electron chi connectivity index (χ4n) is 2.97. The molecule has 18 heavy (non-hydrogen) atoms. The number of hydrogen-bond acceptors (Lipinski definition) is 2. The first-order valence-corrected chi connectivity index (χ1v) is 7.20. The standard InChI is InChI=1S/C15H23N3/c1-2-18-12-14(11-17-18)10-15(13-16)8-6-4-3-5-7-9-15/h11-12H,2-10H2,1H3. The van der Waals surface area contributed by atoms with Gasteiger partial charge >= 0.3 is 0 Å². The van der Waals surface area contributed by atoms with Crippen LogP contribution in [-0.4, -0.2) is 9.78 Å². The van der Waals surface area contributed by atoms with E-state index in [2.05, 4.69) is 24.3 Å². The molecule has 1 saturated carbocycles. The molecule has 1 aliphatic carbocycles. The molecule has 0 N–H and O–H groups in total. The highest BCUT2D eigenvalue weighted by atomic mass is 15.3. The van der Waals surface area contributed by atoms with Crippen LogP contribution in [0.5, 0.6) is 0 Å². The van der Waals surface area contributed by atoms with Gasteiger partial charge in [-0.15, -0.1) is 0 Å². The van der Waals surface area contributed by atoms with E-state index in [1.165, 1.54) is 37.7 Å². The third kappa shape index (κ3) is 3.13. The monoisotopic (exact) mass is 245 g/mol. The van der Waals surface area contributed by atoms with Crippen molar-refractivity contribution >= 4 is 0 Å². The maximum Gasteiger partial charge on any atom is 0.0693 e. The van der Waals surface area contributed by atoms with Crippen LogP contribution in [0.1, 0.15) is 57.4 Å². The smallest absolute Gasteiger partial charge is 0.0693 e. The highest BCUT2D eigenvalue weighted by Gasteiger charge is 2.30. The van der Waals surface area contributed by atoms with Crippen LogP contribution < -0.4 is 0 Å². The Balaban J connectivity index is 2.08. The Hall–Kier alpha value is -1.30. The van der Waals surface area contributed by atoms with Crippen molar-refractivity contribution in [3.05, 3.63) is 18.0 Å². The fraction of sp³-hybridized carbons (Fsp3) is 0.733. The first kappa shape index (κ1) is 13.1. The van der Waals surface area contributed by atoms with Crippen LogP contribution in [0, 0.1) is 16.7 Å². The topological polar surface area (TPSA) is 41.6 Å². The summed E-state index contributed by atoms with van der Waals surface area (Å²) < 4.78 is 1.95. The third-order valence-electron chi connectivity index (χ3n) is 4.10. The minimum absolute atomic E-state index is 0.137. The van der Waals surface area contributed by atoms with Crippen LogP contribution in [0.25, 0.3) is 0 Å². The summed E-state index contributed by atoms with van der Waals surface area (Å²) in [6.45, 7) is 2.99. The summed E-state index contributed by atoms with van der Waals surface area (Å²) in [5.74, 6) is 0. The first-order chi connectivity index (χ1) is 8.78. The van der Waals surface area contributed by atoms with Gasteiger partial charge in [-0.25, -0.2) is 0 Å². The summed E-state index contributed by atoms with van der Waals surface area (Å²) >= 11 is 0. The lowest BCUT2D eigenvalue weighted by molar-refractivity contribution is 0.287. The van der Waals surface area contributed by atoms with Gasteiger partial charge in [0.1, 0.15) is 0 Å². The summed E-state index contributed by atoms with van der Waals surface area (Å²) in [7, 11) is 0. The van der Waals surface area contributed by atoms with Gasteiger partial charge in [-0.1, -0.05) is 32.1 Å². The van der Waals surface area contributed by atoms with Crippen molar-refractivity contribution in [2.75, 3.05) is 0 Å². The number of nitrogens with zero attached hydrogens (tertiary/aromatic N) is 3. The van der Waals surface area contributed by atoms with Crippen molar-refractivity contribution < 1.29 is 0 Å². The average Bonchev–Trinajstić information content (AvgIpc) is 2.80. The zero-order chi connectivity index (χ0) is 12.8. The summed E-state index contributed by atoms with van der Waals surface area (Å²) in [6.07, 6.45) is 13.3. The summed E-state index contributed by atoms with van der Waals surface area (Å²) in [5, 5.41) is 13.9. The summed E-state index contributed by atoms with van der Waals surface area (Å²) in [4.78, 5) is 0. The maximum absolute atomic E-state index is 9.61. The molecule has 2 rings (SSSR count). The van der Waals surface area contributed by atoms with E-state index in [4.69, 9.17) is 0 Å². The Morgan fingerprint density at radius 3 is 2.50 bits per heavy atom. The van der Waals surface area contributed by atoms with E-state index in [0.717, 1.165) is 25.8 Å². The molecule has 3 nitrogen and oxygen atoms in total. The molecule has 0 aromatic carbocycles. The quantitative estimate of drug-likeness (QED) is 0.814. The van der Waals surface area contributed by atoms with E-state index in [1.54, 1.807) is 0 Å². The highest BCUT2D eigenvalue weighted by Crippen LogP contribution is 2.36. The summed E-state index contributed by atoms with van der Waals surface area (Å²) in [5.41, 5.74) is 1.08. The molecular formula is C15H23N3. The Kier molecular flexibility index (Phi) is 4.41. The molecule has 0 aliphatic heterocycles. The van der Waals surface area contributed by atoms with Gasteiger partial charge in [-0.05, 0) is 31.7 Å². The Morgan fingerprint density at radius 2 is 1.94 bits per heavy atom. The average molecular weight is 245 g/mol. The van der Waals surface area contributed by atoms with E-state index in [0.29, 0.717) is 0 Å². The lowest BCUT2D eigenvalue weighted by Gasteiger charge is -2.28. The van der Waals surface area contributed by atoms with Crippen LogP contribution in [-0.2, 0) is 13.0 Å². The van der Waals surface area contributed by atoms with E-state index in [-0.39, 0.29) is 5.41 Å². The lowest BCUT2D eigenvalue weighted by atomic mass is 9.74.